The van der Waals surface area contributed by atoms with E-state index < -0.39 is 6.36 Å². The SMILES string of the molecule is CCn1c2ccccc2c2cc([C@H](c3ccc(OC(F)(F)F)cc3)N3CCNCC3)ccc21.Cl.Cl. The number of halogens is 5. The summed E-state index contributed by atoms with van der Waals surface area (Å²) in [5.41, 5.74) is 4.48. The molecule has 2 heterocycles. The number of nitrogens with one attached hydrogen (secondary N) is 1. The normalized spacial score (nSPS) is 15.4. The zero-order valence-corrected chi connectivity index (χ0v) is 20.8. The lowest BCUT2D eigenvalue weighted by Gasteiger charge is -2.35. The number of nitrogens with zero attached hydrogens (tertiary/aromatic N) is 2. The molecule has 4 nitrogen and oxygen atoms in total. The molecule has 1 aliphatic heterocycles. The standard InChI is InChI=1S/C26H26F3N3O.2ClH/c1-2-32-23-6-4-3-5-21(23)22-17-19(9-12-24(22)32)25(31-15-13-30-14-16-31)18-7-10-20(11-8-18)33-26(27,28)29;;/h3-12,17,25,30H,2,13-16H2,1H3;2*1H/t25-;;/m0../s1. The zero-order valence-electron chi connectivity index (χ0n) is 19.2. The molecular weight excluding hydrogens is 498 g/mol. The van der Waals surface area contributed by atoms with E-state index in [2.05, 4.69) is 68.9 Å². The Labute approximate surface area is 214 Å². The maximum atomic E-state index is 12.6. The minimum absolute atomic E-state index is 0. The Balaban J connectivity index is 0.00000171. The largest absolute Gasteiger partial charge is 0.573 e. The van der Waals surface area contributed by atoms with Gasteiger partial charge in [0.15, 0.2) is 0 Å². The summed E-state index contributed by atoms with van der Waals surface area (Å²) in [6, 6.07) is 21.2. The second-order valence-corrected chi connectivity index (χ2v) is 8.34. The first kappa shape index (κ1) is 27.1. The van der Waals surface area contributed by atoms with E-state index in [-0.39, 0.29) is 36.6 Å². The van der Waals surface area contributed by atoms with Crippen LogP contribution in [-0.4, -0.2) is 42.0 Å². The van der Waals surface area contributed by atoms with Crippen molar-refractivity contribution in [2.75, 3.05) is 26.2 Å². The molecule has 1 aromatic heterocycles. The summed E-state index contributed by atoms with van der Waals surface area (Å²) >= 11 is 0. The third-order valence-corrected chi connectivity index (χ3v) is 6.37. The van der Waals surface area contributed by atoms with Gasteiger partial charge < -0.3 is 14.6 Å². The van der Waals surface area contributed by atoms with Crippen LogP contribution in [0.3, 0.4) is 0 Å². The molecule has 5 rings (SSSR count). The first-order valence-electron chi connectivity index (χ1n) is 11.3. The average Bonchev–Trinajstić information content (AvgIpc) is 3.13. The van der Waals surface area contributed by atoms with Gasteiger partial charge in [0.05, 0.1) is 6.04 Å². The van der Waals surface area contributed by atoms with E-state index in [0.717, 1.165) is 43.9 Å². The van der Waals surface area contributed by atoms with E-state index in [4.69, 9.17) is 0 Å². The van der Waals surface area contributed by atoms with Crippen LogP contribution in [0, 0.1) is 0 Å². The molecule has 1 aliphatic rings. The van der Waals surface area contributed by atoms with Gasteiger partial charge in [-0.2, -0.15) is 0 Å². The molecule has 188 valence electrons. The Morgan fingerprint density at radius 2 is 1.49 bits per heavy atom. The minimum atomic E-state index is -4.70. The van der Waals surface area contributed by atoms with E-state index in [0.29, 0.717) is 0 Å². The lowest BCUT2D eigenvalue weighted by molar-refractivity contribution is -0.274. The number of hydrogen-bond donors (Lipinski definition) is 1. The van der Waals surface area contributed by atoms with Gasteiger partial charge in [-0.15, -0.1) is 38.0 Å². The van der Waals surface area contributed by atoms with Gasteiger partial charge in [0.2, 0.25) is 0 Å². The number of para-hydroxylation sites is 1. The number of ether oxygens (including phenoxy) is 1. The van der Waals surface area contributed by atoms with Crippen LogP contribution in [0.2, 0.25) is 0 Å². The maximum Gasteiger partial charge on any atom is 0.573 e. The van der Waals surface area contributed by atoms with Crippen molar-refractivity contribution in [1.29, 1.82) is 0 Å². The lowest BCUT2D eigenvalue weighted by atomic mass is 9.95. The highest BCUT2D eigenvalue weighted by Crippen LogP contribution is 2.36. The number of hydrogen-bond acceptors (Lipinski definition) is 3. The van der Waals surface area contributed by atoms with E-state index in [1.54, 1.807) is 12.1 Å². The number of aromatic nitrogens is 1. The second kappa shape index (κ2) is 11.1. The first-order valence-corrected chi connectivity index (χ1v) is 11.3. The minimum Gasteiger partial charge on any atom is -0.406 e. The summed E-state index contributed by atoms with van der Waals surface area (Å²) in [6.07, 6.45) is -4.70. The Morgan fingerprint density at radius 3 is 2.14 bits per heavy atom. The molecule has 9 heteroatoms. The van der Waals surface area contributed by atoms with Crippen LogP contribution >= 0.6 is 24.8 Å². The van der Waals surface area contributed by atoms with Crippen LogP contribution in [0.1, 0.15) is 24.1 Å². The van der Waals surface area contributed by atoms with E-state index in [1.807, 2.05) is 0 Å². The fourth-order valence-corrected chi connectivity index (χ4v) is 4.99. The quantitative estimate of drug-likeness (QED) is 0.320. The molecule has 0 aliphatic carbocycles. The van der Waals surface area contributed by atoms with Crippen molar-refractivity contribution in [2.24, 2.45) is 0 Å². The molecule has 35 heavy (non-hydrogen) atoms. The summed E-state index contributed by atoms with van der Waals surface area (Å²) in [5.74, 6) is -0.202. The smallest absolute Gasteiger partial charge is 0.406 e. The molecule has 0 unspecified atom stereocenters. The van der Waals surface area contributed by atoms with Gasteiger partial charge in [-0.1, -0.05) is 36.4 Å². The Morgan fingerprint density at radius 1 is 0.857 bits per heavy atom. The number of aryl methyl sites for hydroxylation is 1. The molecule has 1 saturated heterocycles. The average molecular weight is 526 g/mol. The highest BCUT2D eigenvalue weighted by Gasteiger charge is 2.31. The predicted molar refractivity (Wildman–Crippen MR) is 139 cm³/mol. The summed E-state index contributed by atoms with van der Waals surface area (Å²) in [5, 5.41) is 5.79. The molecule has 1 atom stereocenters. The topological polar surface area (TPSA) is 29.4 Å². The third kappa shape index (κ3) is 5.54. The first-order chi connectivity index (χ1) is 15.9. The van der Waals surface area contributed by atoms with E-state index in [1.165, 1.54) is 33.9 Å². The third-order valence-electron chi connectivity index (χ3n) is 6.37. The molecule has 0 saturated carbocycles. The van der Waals surface area contributed by atoms with Crippen molar-refractivity contribution < 1.29 is 17.9 Å². The lowest BCUT2D eigenvalue weighted by Crippen LogP contribution is -2.45. The van der Waals surface area contributed by atoms with Crippen LogP contribution in [0.15, 0.2) is 66.7 Å². The highest BCUT2D eigenvalue weighted by molar-refractivity contribution is 6.08. The van der Waals surface area contributed by atoms with Gasteiger partial charge in [0.1, 0.15) is 5.75 Å². The fourth-order valence-electron chi connectivity index (χ4n) is 4.99. The van der Waals surface area contributed by atoms with E-state index >= 15 is 0 Å². The maximum absolute atomic E-state index is 12.6. The zero-order chi connectivity index (χ0) is 23.0. The van der Waals surface area contributed by atoms with E-state index in [9.17, 15) is 13.2 Å². The summed E-state index contributed by atoms with van der Waals surface area (Å²) in [4.78, 5) is 2.39. The van der Waals surface area contributed by atoms with Crippen molar-refractivity contribution in [3.05, 3.63) is 77.9 Å². The van der Waals surface area contributed by atoms with Crippen molar-refractivity contribution in [3.8, 4) is 5.75 Å². The van der Waals surface area contributed by atoms with Gasteiger partial charge in [-0.3, -0.25) is 4.90 Å². The molecule has 0 bridgehead atoms. The van der Waals surface area contributed by atoms with Crippen LogP contribution in [-0.2, 0) is 6.54 Å². The number of benzene rings is 3. The molecule has 4 aromatic rings. The van der Waals surface area contributed by atoms with Crippen LogP contribution in [0.4, 0.5) is 13.2 Å². The number of piperazine rings is 1. The summed E-state index contributed by atoms with van der Waals surface area (Å²) in [6.45, 7) is 6.51. The summed E-state index contributed by atoms with van der Waals surface area (Å²) < 4.78 is 44.3. The Hall–Kier alpha value is -2.45. The molecule has 1 fully saturated rings. The molecule has 0 spiro atoms. The number of rotatable bonds is 5. The Bertz CT molecular complexity index is 1270. The second-order valence-electron chi connectivity index (χ2n) is 8.34. The predicted octanol–water partition coefficient (Wildman–Crippen LogP) is 6.55. The van der Waals surface area contributed by atoms with Crippen LogP contribution in [0.25, 0.3) is 21.8 Å². The molecule has 3 aromatic carbocycles. The van der Waals surface area contributed by atoms with Gasteiger partial charge in [-0.25, -0.2) is 0 Å². The summed E-state index contributed by atoms with van der Waals surface area (Å²) in [7, 11) is 0. The van der Waals surface area contributed by atoms with Crippen molar-refractivity contribution >= 4 is 46.6 Å². The monoisotopic (exact) mass is 525 g/mol. The van der Waals surface area contributed by atoms with Gasteiger partial charge >= 0.3 is 6.36 Å². The van der Waals surface area contributed by atoms with Crippen molar-refractivity contribution in [2.45, 2.75) is 25.9 Å². The van der Waals surface area contributed by atoms with Crippen molar-refractivity contribution in [3.63, 3.8) is 0 Å². The van der Waals surface area contributed by atoms with Gasteiger partial charge in [0.25, 0.3) is 0 Å². The van der Waals surface area contributed by atoms with Crippen LogP contribution < -0.4 is 10.1 Å². The molecule has 0 radical (unpaired) electrons. The van der Waals surface area contributed by atoms with Crippen LogP contribution in [0.5, 0.6) is 5.75 Å². The fraction of sp³-hybridized carbons (Fsp3) is 0.308. The Kier molecular flexibility index (Phi) is 8.59. The molecule has 0 amide bonds. The number of fused-ring (bicyclic) bond motifs is 3. The molecular formula is C26H28Cl2F3N3O. The molecule has 1 N–H and O–H groups in total. The highest BCUT2D eigenvalue weighted by atomic mass is 35.5. The van der Waals surface area contributed by atoms with Gasteiger partial charge in [-0.05, 0) is 48.4 Å². The number of alkyl halides is 3. The van der Waals surface area contributed by atoms with Crippen molar-refractivity contribution in [1.82, 2.24) is 14.8 Å². The van der Waals surface area contributed by atoms with Gasteiger partial charge in [0, 0.05) is 54.5 Å².